The van der Waals surface area contributed by atoms with Crippen molar-refractivity contribution in [3.8, 4) is 0 Å². The van der Waals surface area contributed by atoms with Crippen molar-refractivity contribution in [2.75, 3.05) is 0 Å². The molecule has 0 aromatic rings. The van der Waals surface area contributed by atoms with Crippen molar-refractivity contribution in [2.24, 2.45) is 23.2 Å². The van der Waals surface area contributed by atoms with Crippen molar-refractivity contribution in [3.63, 3.8) is 0 Å². The van der Waals surface area contributed by atoms with Crippen molar-refractivity contribution in [2.45, 2.75) is 65.9 Å². The van der Waals surface area contributed by atoms with Crippen LogP contribution < -0.4 is 0 Å². The average Bonchev–Trinajstić information content (AvgIpc) is 2.14. The lowest BCUT2D eigenvalue weighted by atomic mass is 9.64. The van der Waals surface area contributed by atoms with Crippen molar-refractivity contribution in [1.29, 1.82) is 0 Å². The molecule has 0 saturated heterocycles. The average molecular weight is 256 g/mol. The molecule has 3 nitrogen and oxygen atoms in total. The van der Waals surface area contributed by atoms with Gasteiger partial charge in [0.05, 0.1) is 11.5 Å². The molecule has 1 aliphatic rings. The van der Waals surface area contributed by atoms with E-state index in [0.29, 0.717) is 18.8 Å². The maximum absolute atomic E-state index is 11.4. The first kappa shape index (κ1) is 15.5. The van der Waals surface area contributed by atoms with Gasteiger partial charge in [0.25, 0.3) is 0 Å². The van der Waals surface area contributed by atoms with Crippen LogP contribution in [0.15, 0.2) is 0 Å². The summed E-state index contributed by atoms with van der Waals surface area (Å²) in [5.74, 6) is -0.946. The van der Waals surface area contributed by atoms with E-state index in [9.17, 15) is 15.0 Å². The van der Waals surface area contributed by atoms with E-state index in [4.69, 9.17) is 0 Å². The van der Waals surface area contributed by atoms with Gasteiger partial charge in [-0.3, -0.25) is 4.79 Å². The molecule has 1 saturated carbocycles. The highest BCUT2D eigenvalue weighted by Crippen LogP contribution is 2.45. The quantitative estimate of drug-likeness (QED) is 0.814. The number of aliphatic hydroxyl groups is 1. The Morgan fingerprint density at radius 2 is 1.67 bits per heavy atom. The maximum Gasteiger partial charge on any atom is 0.309 e. The van der Waals surface area contributed by atoms with Crippen LogP contribution in [0.2, 0.25) is 0 Å². The highest BCUT2D eigenvalue weighted by atomic mass is 16.4. The fraction of sp³-hybridized carbons (Fsp3) is 0.933. The van der Waals surface area contributed by atoms with Crippen LogP contribution >= 0.6 is 0 Å². The Labute approximate surface area is 111 Å². The van der Waals surface area contributed by atoms with Crippen molar-refractivity contribution in [3.05, 3.63) is 0 Å². The lowest BCUT2D eigenvalue weighted by Crippen LogP contribution is -2.48. The first-order valence-corrected chi connectivity index (χ1v) is 7.03. The summed E-state index contributed by atoms with van der Waals surface area (Å²) in [6.07, 6.45) is 3.08. The van der Waals surface area contributed by atoms with Crippen LogP contribution in [-0.4, -0.2) is 21.8 Å². The Hall–Kier alpha value is -0.570. The van der Waals surface area contributed by atoms with E-state index in [2.05, 4.69) is 20.8 Å². The molecule has 1 unspecified atom stereocenters. The zero-order valence-corrected chi connectivity index (χ0v) is 12.4. The summed E-state index contributed by atoms with van der Waals surface area (Å²) in [6.45, 7) is 10.4. The number of aliphatic carboxylic acids is 1. The Morgan fingerprint density at radius 3 is 1.94 bits per heavy atom. The van der Waals surface area contributed by atoms with E-state index in [1.54, 1.807) is 0 Å². The second kappa shape index (κ2) is 5.20. The third-order valence-electron chi connectivity index (χ3n) is 4.59. The summed E-state index contributed by atoms with van der Waals surface area (Å²) in [6, 6.07) is 0. The fourth-order valence-corrected chi connectivity index (χ4v) is 3.43. The monoisotopic (exact) mass is 256 g/mol. The predicted molar refractivity (Wildman–Crippen MR) is 72.3 cm³/mol. The zero-order valence-electron chi connectivity index (χ0n) is 12.4. The summed E-state index contributed by atoms with van der Waals surface area (Å²) in [4.78, 5) is 11.4. The smallest absolute Gasteiger partial charge is 0.309 e. The molecule has 1 atom stereocenters. The second-order valence-electron chi connectivity index (χ2n) is 7.30. The minimum absolute atomic E-state index is 0.0290. The molecule has 1 rings (SSSR count). The largest absolute Gasteiger partial charge is 0.481 e. The van der Waals surface area contributed by atoms with E-state index in [-0.39, 0.29) is 11.3 Å². The molecule has 0 spiro atoms. The number of hydrogen-bond acceptors (Lipinski definition) is 2. The lowest BCUT2D eigenvalue weighted by Gasteiger charge is -2.44. The number of hydrogen-bond donors (Lipinski definition) is 2. The molecule has 18 heavy (non-hydrogen) atoms. The van der Waals surface area contributed by atoms with Crippen LogP contribution in [0.25, 0.3) is 0 Å². The number of rotatable bonds is 3. The van der Waals surface area contributed by atoms with E-state index in [1.807, 2.05) is 13.8 Å². The molecule has 3 heteroatoms. The zero-order chi connectivity index (χ0) is 14.1. The molecule has 0 radical (unpaired) electrons. The van der Waals surface area contributed by atoms with Gasteiger partial charge < -0.3 is 10.2 Å². The highest BCUT2D eigenvalue weighted by Gasteiger charge is 2.46. The van der Waals surface area contributed by atoms with Gasteiger partial charge in [0.15, 0.2) is 0 Å². The molecular weight excluding hydrogens is 228 g/mol. The third kappa shape index (κ3) is 3.25. The molecule has 0 aliphatic heterocycles. The van der Waals surface area contributed by atoms with Gasteiger partial charge in [-0.1, -0.05) is 34.6 Å². The first-order chi connectivity index (χ1) is 8.08. The van der Waals surface area contributed by atoms with E-state index in [0.717, 1.165) is 12.8 Å². The molecule has 1 fully saturated rings. The highest BCUT2D eigenvalue weighted by molar-refractivity contribution is 5.71. The van der Waals surface area contributed by atoms with Gasteiger partial charge in [-0.2, -0.15) is 0 Å². The fourth-order valence-electron chi connectivity index (χ4n) is 3.43. The van der Waals surface area contributed by atoms with E-state index < -0.39 is 17.5 Å². The second-order valence-corrected chi connectivity index (χ2v) is 7.30. The molecule has 0 aromatic heterocycles. The van der Waals surface area contributed by atoms with Gasteiger partial charge in [-0.15, -0.1) is 0 Å². The summed E-state index contributed by atoms with van der Waals surface area (Å²) in [7, 11) is 0. The van der Waals surface area contributed by atoms with Gasteiger partial charge in [0.2, 0.25) is 0 Å². The number of carboxylic acid groups (broad SMARTS) is 1. The lowest BCUT2D eigenvalue weighted by molar-refractivity contribution is -0.160. The Kier molecular flexibility index (Phi) is 4.47. The Morgan fingerprint density at radius 1 is 1.22 bits per heavy atom. The molecule has 1 aliphatic carbocycles. The van der Waals surface area contributed by atoms with Crippen LogP contribution in [0.4, 0.5) is 0 Å². The topological polar surface area (TPSA) is 57.5 Å². The van der Waals surface area contributed by atoms with Crippen molar-refractivity contribution >= 4 is 5.97 Å². The van der Waals surface area contributed by atoms with Crippen LogP contribution in [-0.2, 0) is 4.79 Å². The maximum atomic E-state index is 11.4. The summed E-state index contributed by atoms with van der Waals surface area (Å²) < 4.78 is 0. The normalized spacial score (nSPS) is 31.4. The van der Waals surface area contributed by atoms with Gasteiger partial charge in [0, 0.05) is 0 Å². The van der Waals surface area contributed by atoms with Gasteiger partial charge in [0.1, 0.15) is 0 Å². The van der Waals surface area contributed by atoms with Gasteiger partial charge >= 0.3 is 5.97 Å². The van der Waals surface area contributed by atoms with Crippen LogP contribution in [0.3, 0.4) is 0 Å². The summed E-state index contributed by atoms with van der Waals surface area (Å²) >= 11 is 0. The van der Waals surface area contributed by atoms with E-state index in [1.165, 1.54) is 0 Å². The molecule has 0 bridgehead atoms. The molecule has 2 N–H and O–H groups in total. The summed E-state index contributed by atoms with van der Waals surface area (Å²) in [5, 5.41) is 20.0. The van der Waals surface area contributed by atoms with Crippen LogP contribution in [0, 0.1) is 23.2 Å². The van der Waals surface area contributed by atoms with Crippen LogP contribution in [0.5, 0.6) is 0 Å². The SMILES string of the molecule is CC(C)C(C(=O)O)C1(O)CCC(C(C)(C)C)CC1. The van der Waals surface area contributed by atoms with Crippen molar-refractivity contribution in [1.82, 2.24) is 0 Å². The summed E-state index contributed by atoms with van der Waals surface area (Å²) in [5.41, 5.74) is -0.764. The first-order valence-electron chi connectivity index (χ1n) is 7.03. The van der Waals surface area contributed by atoms with Crippen LogP contribution in [0.1, 0.15) is 60.3 Å². The Bertz CT molecular complexity index is 293. The molecular formula is C15H28O3. The molecule has 0 amide bonds. The van der Waals surface area contributed by atoms with Gasteiger partial charge in [-0.25, -0.2) is 0 Å². The molecule has 106 valence electrons. The number of carboxylic acids is 1. The Balaban J connectivity index is 2.77. The number of carbonyl (C=O) groups is 1. The minimum atomic E-state index is -1.01. The van der Waals surface area contributed by atoms with E-state index >= 15 is 0 Å². The third-order valence-corrected chi connectivity index (χ3v) is 4.59. The molecule has 0 aromatic carbocycles. The minimum Gasteiger partial charge on any atom is -0.481 e. The van der Waals surface area contributed by atoms with Gasteiger partial charge in [-0.05, 0) is 42.9 Å². The standard InChI is InChI=1S/C15H28O3/c1-10(2)12(13(16)17)15(18)8-6-11(7-9-15)14(3,4)5/h10-12,18H,6-9H2,1-5H3,(H,16,17). The molecule has 0 heterocycles. The predicted octanol–water partition coefficient (Wildman–Crippen LogP) is 3.31. The van der Waals surface area contributed by atoms with Crippen molar-refractivity contribution < 1.29 is 15.0 Å².